The summed E-state index contributed by atoms with van der Waals surface area (Å²) < 4.78 is 0. The van der Waals surface area contributed by atoms with E-state index in [1.165, 1.54) is 11.3 Å². The Labute approximate surface area is 157 Å². The molecule has 0 unspecified atom stereocenters. The molecule has 0 spiro atoms. The second-order valence-electron chi connectivity index (χ2n) is 6.63. The van der Waals surface area contributed by atoms with Gasteiger partial charge in [0.25, 0.3) is 5.91 Å². The predicted molar refractivity (Wildman–Crippen MR) is 105 cm³/mol. The number of halogens is 1. The summed E-state index contributed by atoms with van der Waals surface area (Å²) in [5.74, 6) is 0.219. The van der Waals surface area contributed by atoms with E-state index in [-0.39, 0.29) is 5.91 Å². The van der Waals surface area contributed by atoms with Gasteiger partial charge in [0.1, 0.15) is 0 Å². The van der Waals surface area contributed by atoms with E-state index in [0.29, 0.717) is 21.6 Å². The molecule has 1 aromatic carbocycles. The standard InChI is InChI=1S/C18H23ClN4OS/c1-12(2)16-11-20-18(25-16)21-17(24)13-4-5-15(14(19)10-13)23-8-6-22(3)7-9-23/h4-5,10-12H,6-9H2,1-3H3,(H,20,21,24). The topological polar surface area (TPSA) is 48.5 Å². The number of amides is 1. The molecule has 1 amide bonds. The molecule has 134 valence electrons. The molecule has 0 atom stereocenters. The van der Waals surface area contributed by atoms with Crippen molar-refractivity contribution in [2.75, 3.05) is 43.4 Å². The lowest BCUT2D eigenvalue weighted by Crippen LogP contribution is -2.44. The van der Waals surface area contributed by atoms with Crippen molar-refractivity contribution >= 4 is 39.7 Å². The molecule has 0 aliphatic carbocycles. The van der Waals surface area contributed by atoms with Gasteiger partial charge in [0.15, 0.2) is 5.13 Å². The van der Waals surface area contributed by atoms with Gasteiger partial charge in [-0.2, -0.15) is 0 Å². The fourth-order valence-corrected chi connectivity index (χ4v) is 3.85. The lowest BCUT2D eigenvalue weighted by atomic mass is 10.1. The Hall–Kier alpha value is -1.63. The second kappa shape index (κ2) is 7.72. The predicted octanol–water partition coefficient (Wildman–Crippen LogP) is 3.92. The van der Waals surface area contributed by atoms with Crippen LogP contribution in [0.25, 0.3) is 0 Å². The van der Waals surface area contributed by atoms with E-state index < -0.39 is 0 Å². The largest absolute Gasteiger partial charge is 0.368 e. The molecule has 1 N–H and O–H groups in total. The maximum Gasteiger partial charge on any atom is 0.257 e. The van der Waals surface area contributed by atoms with Crippen molar-refractivity contribution in [3.05, 3.63) is 39.9 Å². The van der Waals surface area contributed by atoms with Gasteiger partial charge < -0.3 is 9.80 Å². The first-order chi connectivity index (χ1) is 11.9. The van der Waals surface area contributed by atoms with Gasteiger partial charge >= 0.3 is 0 Å². The third kappa shape index (κ3) is 4.32. The monoisotopic (exact) mass is 378 g/mol. The highest BCUT2D eigenvalue weighted by Crippen LogP contribution is 2.29. The molecule has 5 nitrogen and oxygen atoms in total. The van der Waals surface area contributed by atoms with Crippen LogP contribution in [0.2, 0.25) is 5.02 Å². The minimum atomic E-state index is -0.184. The molecule has 1 fully saturated rings. The molecular weight excluding hydrogens is 356 g/mol. The zero-order valence-electron chi connectivity index (χ0n) is 14.8. The van der Waals surface area contributed by atoms with Gasteiger partial charge in [-0.3, -0.25) is 10.1 Å². The number of anilines is 2. The molecule has 2 heterocycles. The van der Waals surface area contributed by atoms with Gasteiger partial charge in [-0.25, -0.2) is 4.98 Å². The third-order valence-corrected chi connectivity index (χ3v) is 5.88. The zero-order chi connectivity index (χ0) is 18.0. The van der Waals surface area contributed by atoms with Crippen LogP contribution in [0.3, 0.4) is 0 Å². The molecular formula is C18H23ClN4OS. The highest BCUT2D eigenvalue weighted by molar-refractivity contribution is 7.15. The van der Waals surface area contributed by atoms with Crippen LogP contribution in [0.5, 0.6) is 0 Å². The molecule has 1 aromatic heterocycles. The highest BCUT2D eigenvalue weighted by Gasteiger charge is 2.18. The summed E-state index contributed by atoms with van der Waals surface area (Å²) in [5.41, 5.74) is 1.53. The van der Waals surface area contributed by atoms with Crippen molar-refractivity contribution in [3.63, 3.8) is 0 Å². The van der Waals surface area contributed by atoms with E-state index >= 15 is 0 Å². The smallest absolute Gasteiger partial charge is 0.257 e. The van der Waals surface area contributed by atoms with Crippen LogP contribution in [-0.2, 0) is 0 Å². The Morgan fingerprint density at radius 3 is 2.60 bits per heavy atom. The second-order valence-corrected chi connectivity index (χ2v) is 8.10. The Kier molecular flexibility index (Phi) is 5.61. The van der Waals surface area contributed by atoms with E-state index in [1.807, 2.05) is 18.3 Å². The summed E-state index contributed by atoms with van der Waals surface area (Å²) in [5, 5.41) is 4.08. The number of carbonyl (C=O) groups excluding carboxylic acids is 1. The van der Waals surface area contributed by atoms with E-state index in [4.69, 9.17) is 11.6 Å². The third-order valence-electron chi connectivity index (χ3n) is 4.37. The Bertz CT molecular complexity index is 753. The van der Waals surface area contributed by atoms with E-state index in [9.17, 15) is 4.79 Å². The molecule has 1 aliphatic heterocycles. The first-order valence-corrected chi connectivity index (χ1v) is 9.63. The van der Waals surface area contributed by atoms with E-state index in [1.54, 1.807) is 6.07 Å². The summed E-state index contributed by atoms with van der Waals surface area (Å²) in [6.45, 7) is 8.13. The normalized spacial score (nSPS) is 15.6. The summed E-state index contributed by atoms with van der Waals surface area (Å²) in [6.07, 6.45) is 1.81. The molecule has 1 aliphatic rings. The first-order valence-electron chi connectivity index (χ1n) is 8.44. The lowest BCUT2D eigenvalue weighted by molar-refractivity contribution is 0.102. The fraction of sp³-hybridized carbons (Fsp3) is 0.444. The number of benzene rings is 1. The Balaban J connectivity index is 1.70. The molecule has 2 aromatic rings. The number of hydrogen-bond acceptors (Lipinski definition) is 5. The fourth-order valence-electron chi connectivity index (χ4n) is 2.73. The maximum atomic E-state index is 12.5. The molecule has 0 bridgehead atoms. The van der Waals surface area contributed by atoms with Crippen molar-refractivity contribution in [3.8, 4) is 0 Å². The van der Waals surface area contributed by atoms with Gasteiger partial charge in [-0.1, -0.05) is 25.4 Å². The number of nitrogens with zero attached hydrogens (tertiary/aromatic N) is 3. The van der Waals surface area contributed by atoms with Crippen LogP contribution < -0.4 is 10.2 Å². The van der Waals surface area contributed by atoms with Gasteiger partial charge in [0, 0.05) is 42.8 Å². The van der Waals surface area contributed by atoms with Gasteiger partial charge in [0.2, 0.25) is 0 Å². The summed E-state index contributed by atoms with van der Waals surface area (Å²) in [4.78, 5) is 22.4. The van der Waals surface area contributed by atoms with Crippen LogP contribution >= 0.6 is 22.9 Å². The van der Waals surface area contributed by atoms with Crippen LogP contribution in [0.1, 0.15) is 35.0 Å². The van der Waals surface area contributed by atoms with E-state index in [0.717, 1.165) is 36.7 Å². The Morgan fingerprint density at radius 2 is 2.00 bits per heavy atom. The lowest BCUT2D eigenvalue weighted by Gasteiger charge is -2.34. The quantitative estimate of drug-likeness (QED) is 0.875. The molecule has 0 saturated carbocycles. The Morgan fingerprint density at radius 1 is 1.28 bits per heavy atom. The maximum absolute atomic E-state index is 12.5. The highest BCUT2D eigenvalue weighted by atomic mass is 35.5. The zero-order valence-corrected chi connectivity index (χ0v) is 16.3. The van der Waals surface area contributed by atoms with Crippen molar-refractivity contribution in [1.29, 1.82) is 0 Å². The number of piperazine rings is 1. The van der Waals surface area contributed by atoms with Gasteiger partial charge in [0.05, 0.1) is 10.7 Å². The minimum Gasteiger partial charge on any atom is -0.368 e. The van der Waals surface area contributed by atoms with Gasteiger partial charge in [-0.05, 0) is 31.2 Å². The SMILES string of the molecule is CC(C)c1cnc(NC(=O)c2ccc(N3CCN(C)CC3)c(Cl)c2)s1. The summed E-state index contributed by atoms with van der Waals surface area (Å²) in [6, 6.07) is 5.50. The average Bonchev–Trinajstić information content (AvgIpc) is 3.04. The van der Waals surface area contributed by atoms with Crippen LogP contribution in [0.15, 0.2) is 24.4 Å². The number of rotatable bonds is 4. The number of likely N-dealkylation sites (N-methyl/N-ethyl adjacent to an activating group) is 1. The first kappa shape index (κ1) is 18.2. The number of carbonyl (C=O) groups is 1. The van der Waals surface area contributed by atoms with Crippen LogP contribution in [0, 0.1) is 0 Å². The molecule has 3 rings (SSSR count). The van der Waals surface area contributed by atoms with Crippen molar-refractivity contribution < 1.29 is 4.79 Å². The average molecular weight is 379 g/mol. The van der Waals surface area contributed by atoms with Crippen molar-refractivity contribution in [1.82, 2.24) is 9.88 Å². The number of thiazole rings is 1. The van der Waals surface area contributed by atoms with Gasteiger partial charge in [-0.15, -0.1) is 11.3 Å². The van der Waals surface area contributed by atoms with Crippen molar-refractivity contribution in [2.45, 2.75) is 19.8 Å². The molecule has 7 heteroatoms. The summed E-state index contributed by atoms with van der Waals surface area (Å²) >= 11 is 7.95. The minimum absolute atomic E-state index is 0.184. The molecule has 1 saturated heterocycles. The molecule has 25 heavy (non-hydrogen) atoms. The number of hydrogen-bond donors (Lipinski definition) is 1. The number of aromatic nitrogens is 1. The van der Waals surface area contributed by atoms with E-state index in [2.05, 4.69) is 41.0 Å². The van der Waals surface area contributed by atoms with Crippen LogP contribution in [-0.4, -0.2) is 49.0 Å². The van der Waals surface area contributed by atoms with Crippen LogP contribution in [0.4, 0.5) is 10.8 Å². The van der Waals surface area contributed by atoms with Crippen molar-refractivity contribution in [2.24, 2.45) is 0 Å². The molecule has 0 radical (unpaired) electrons. The summed E-state index contributed by atoms with van der Waals surface area (Å²) in [7, 11) is 2.12. The number of nitrogens with one attached hydrogen (secondary N) is 1.